The van der Waals surface area contributed by atoms with E-state index in [0.717, 1.165) is 31.0 Å². The number of nitrogens with one attached hydrogen (secondary N) is 1. The molecule has 0 aromatic heterocycles. The number of nitrogen functional groups attached to an aromatic ring is 1. The van der Waals surface area contributed by atoms with Crippen LogP contribution in [0.4, 0.5) is 11.4 Å². The lowest BCUT2D eigenvalue weighted by Crippen LogP contribution is -2.34. The van der Waals surface area contributed by atoms with E-state index in [1.54, 1.807) is 0 Å². The third-order valence-corrected chi connectivity index (χ3v) is 2.58. The van der Waals surface area contributed by atoms with Gasteiger partial charge in [-0.3, -0.25) is 0 Å². The Morgan fingerprint density at radius 1 is 1.36 bits per heavy atom. The molecule has 0 radical (unpaired) electrons. The van der Waals surface area contributed by atoms with E-state index in [1.807, 2.05) is 24.3 Å². The summed E-state index contributed by atoms with van der Waals surface area (Å²) in [4.78, 5) is 0. The van der Waals surface area contributed by atoms with E-state index in [1.165, 1.54) is 0 Å². The number of nitrogens with two attached hydrogens (primary N) is 1. The smallest absolute Gasteiger partial charge is 0.0694 e. The van der Waals surface area contributed by atoms with Crippen molar-refractivity contribution in [2.75, 3.05) is 24.3 Å². The number of benzene rings is 1. The van der Waals surface area contributed by atoms with Crippen LogP contribution in [0.15, 0.2) is 24.3 Å². The molecule has 0 aliphatic carbocycles. The molecular formula is C11H16N2O. The van der Waals surface area contributed by atoms with E-state index in [4.69, 9.17) is 10.5 Å². The first-order chi connectivity index (χ1) is 6.68. The minimum absolute atomic E-state index is 0.0795. The van der Waals surface area contributed by atoms with Crippen LogP contribution < -0.4 is 11.1 Å². The molecule has 0 spiro atoms. The van der Waals surface area contributed by atoms with E-state index in [2.05, 4.69) is 12.2 Å². The number of rotatable bonds is 2. The summed E-state index contributed by atoms with van der Waals surface area (Å²) in [7, 11) is 0. The lowest BCUT2D eigenvalue weighted by molar-refractivity contribution is 0.185. The van der Waals surface area contributed by atoms with Crippen LogP contribution in [-0.4, -0.2) is 18.8 Å². The highest BCUT2D eigenvalue weighted by atomic mass is 16.5. The van der Waals surface area contributed by atoms with E-state index < -0.39 is 0 Å². The molecule has 0 amide bonds. The number of hydrogen-bond donors (Lipinski definition) is 2. The van der Waals surface area contributed by atoms with Crippen molar-refractivity contribution < 1.29 is 4.74 Å². The van der Waals surface area contributed by atoms with Crippen molar-refractivity contribution in [3.63, 3.8) is 0 Å². The standard InChI is InChI=1S/C11H16N2O/c1-11(6-7-14-8-11)13-10-4-2-9(12)3-5-10/h2-5,13H,6-8,12H2,1H3. The Morgan fingerprint density at radius 2 is 2.07 bits per heavy atom. The van der Waals surface area contributed by atoms with Crippen LogP contribution in [0.25, 0.3) is 0 Å². The van der Waals surface area contributed by atoms with Gasteiger partial charge in [-0.15, -0.1) is 0 Å². The minimum Gasteiger partial charge on any atom is -0.399 e. The molecule has 2 rings (SSSR count). The third kappa shape index (κ3) is 1.99. The average molecular weight is 192 g/mol. The highest BCUT2D eigenvalue weighted by Gasteiger charge is 2.29. The van der Waals surface area contributed by atoms with Gasteiger partial charge in [-0.2, -0.15) is 0 Å². The van der Waals surface area contributed by atoms with Gasteiger partial charge in [0.25, 0.3) is 0 Å². The van der Waals surface area contributed by atoms with Gasteiger partial charge in [0.05, 0.1) is 12.1 Å². The highest BCUT2D eigenvalue weighted by molar-refractivity contribution is 5.52. The molecule has 0 saturated carbocycles. The van der Waals surface area contributed by atoms with Gasteiger partial charge in [0.2, 0.25) is 0 Å². The molecule has 1 unspecified atom stereocenters. The van der Waals surface area contributed by atoms with Gasteiger partial charge in [-0.05, 0) is 37.6 Å². The van der Waals surface area contributed by atoms with Crippen molar-refractivity contribution in [3.8, 4) is 0 Å². The van der Waals surface area contributed by atoms with Crippen LogP contribution in [-0.2, 0) is 4.74 Å². The van der Waals surface area contributed by atoms with Crippen LogP contribution in [0.5, 0.6) is 0 Å². The van der Waals surface area contributed by atoms with Gasteiger partial charge < -0.3 is 15.8 Å². The minimum atomic E-state index is 0.0795. The molecule has 14 heavy (non-hydrogen) atoms. The van der Waals surface area contributed by atoms with Crippen LogP contribution in [0.1, 0.15) is 13.3 Å². The Kier molecular flexibility index (Phi) is 2.33. The Hall–Kier alpha value is -1.22. The molecule has 76 valence electrons. The van der Waals surface area contributed by atoms with Crippen LogP contribution in [0.3, 0.4) is 0 Å². The molecule has 3 heteroatoms. The molecule has 1 aliphatic rings. The fourth-order valence-electron chi connectivity index (χ4n) is 1.68. The van der Waals surface area contributed by atoms with E-state index in [-0.39, 0.29) is 5.54 Å². The first-order valence-corrected chi connectivity index (χ1v) is 4.89. The lowest BCUT2D eigenvalue weighted by Gasteiger charge is -2.24. The molecule has 1 saturated heterocycles. The zero-order valence-electron chi connectivity index (χ0n) is 8.42. The lowest BCUT2D eigenvalue weighted by atomic mass is 10.0. The molecular weight excluding hydrogens is 176 g/mol. The third-order valence-electron chi connectivity index (χ3n) is 2.58. The molecule has 1 aromatic rings. The topological polar surface area (TPSA) is 47.3 Å². The Labute approximate surface area is 84.3 Å². The van der Waals surface area contributed by atoms with Gasteiger partial charge in [0.15, 0.2) is 0 Å². The second kappa shape index (κ2) is 3.50. The second-order valence-corrected chi connectivity index (χ2v) is 4.11. The van der Waals surface area contributed by atoms with Gasteiger partial charge in [0.1, 0.15) is 0 Å². The maximum absolute atomic E-state index is 5.62. The van der Waals surface area contributed by atoms with E-state index in [9.17, 15) is 0 Å². The first kappa shape index (κ1) is 9.34. The molecule has 0 bridgehead atoms. The largest absolute Gasteiger partial charge is 0.399 e. The molecule has 1 aliphatic heterocycles. The normalized spacial score (nSPS) is 26.4. The van der Waals surface area contributed by atoms with Gasteiger partial charge in [-0.1, -0.05) is 0 Å². The summed E-state index contributed by atoms with van der Waals surface area (Å²) in [5.41, 5.74) is 7.59. The summed E-state index contributed by atoms with van der Waals surface area (Å²) in [5.74, 6) is 0. The van der Waals surface area contributed by atoms with Crippen molar-refractivity contribution in [3.05, 3.63) is 24.3 Å². The van der Waals surface area contributed by atoms with Crippen molar-refractivity contribution >= 4 is 11.4 Å². The summed E-state index contributed by atoms with van der Waals surface area (Å²) in [5, 5.41) is 3.46. The number of hydrogen-bond acceptors (Lipinski definition) is 3. The number of ether oxygens (including phenoxy) is 1. The fourth-order valence-corrected chi connectivity index (χ4v) is 1.68. The second-order valence-electron chi connectivity index (χ2n) is 4.11. The maximum atomic E-state index is 5.62. The predicted molar refractivity (Wildman–Crippen MR) is 58.3 cm³/mol. The van der Waals surface area contributed by atoms with Crippen LogP contribution in [0, 0.1) is 0 Å². The fraction of sp³-hybridized carbons (Fsp3) is 0.455. The van der Waals surface area contributed by atoms with Gasteiger partial charge in [0, 0.05) is 18.0 Å². The average Bonchev–Trinajstić information content (AvgIpc) is 2.57. The summed E-state index contributed by atoms with van der Waals surface area (Å²) in [6.07, 6.45) is 1.05. The van der Waals surface area contributed by atoms with Crippen molar-refractivity contribution in [1.82, 2.24) is 0 Å². The zero-order chi connectivity index (χ0) is 10.0. The quantitative estimate of drug-likeness (QED) is 0.703. The van der Waals surface area contributed by atoms with Crippen molar-refractivity contribution in [2.24, 2.45) is 0 Å². The summed E-state index contributed by atoms with van der Waals surface area (Å²) in [6, 6.07) is 7.81. The Balaban J connectivity index is 2.06. The van der Waals surface area contributed by atoms with Gasteiger partial charge in [-0.25, -0.2) is 0 Å². The molecule has 1 heterocycles. The highest BCUT2D eigenvalue weighted by Crippen LogP contribution is 2.24. The maximum Gasteiger partial charge on any atom is 0.0694 e. The van der Waals surface area contributed by atoms with Crippen LogP contribution >= 0.6 is 0 Å². The summed E-state index contributed by atoms with van der Waals surface area (Å²) >= 11 is 0. The zero-order valence-corrected chi connectivity index (χ0v) is 8.42. The van der Waals surface area contributed by atoms with Crippen molar-refractivity contribution in [2.45, 2.75) is 18.9 Å². The molecule has 1 fully saturated rings. The van der Waals surface area contributed by atoms with Gasteiger partial charge >= 0.3 is 0 Å². The molecule has 1 aromatic carbocycles. The molecule has 3 nitrogen and oxygen atoms in total. The van der Waals surface area contributed by atoms with E-state index >= 15 is 0 Å². The molecule has 3 N–H and O–H groups in total. The first-order valence-electron chi connectivity index (χ1n) is 4.89. The Morgan fingerprint density at radius 3 is 2.64 bits per heavy atom. The SMILES string of the molecule is CC1(Nc2ccc(N)cc2)CCOC1. The number of anilines is 2. The van der Waals surface area contributed by atoms with E-state index in [0.29, 0.717) is 0 Å². The Bertz CT molecular complexity index is 302. The predicted octanol–water partition coefficient (Wildman–Crippen LogP) is 1.86. The molecule has 1 atom stereocenters. The van der Waals surface area contributed by atoms with Crippen molar-refractivity contribution in [1.29, 1.82) is 0 Å². The van der Waals surface area contributed by atoms with Crippen LogP contribution in [0.2, 0.25) is 0 Å². The monoisotopic (exact) mass is 192 g/mol. The summed E-state index contributed by atoms with van der Waals surface area (Å²) in [6.45, 7) is 3.80. The summed E-state index contributed by atoms with van der Waals surface area (Å²) < 4.78 is 5.37.